The number of urea groups is 1. The number of nitrogens with one attached hydrogen (secondary N) is 2. The second kappa shape index (κ2) is 8.85. The van der Waals surface area contributed by atoms with Crippen LogP contribution in [0.25, 0.3) is 0 Å². The molecule has 0 heterocycles. The third kappa shape index (κ3) is 6.52. The van der Waals surface area contributed by atoms with Crippen LogP contribution in [-0.4, -0.2) is 41.2 Å². The predicted octanol–water partition coefficient (Wildman–Crippen LogP) is 1.85. The van der Waals surface area contributed by atoms with Crippen molar-refractivity contribution in [3.05, 3.63) is 12.7 Å². The standard InChI is InChI=1S/C13H22N2O3S/c1-2-8-19-9-7-14-13(18)15-11-5-3-10(4-6-11)12(16)17/h2,10-11H,1,3-9H2,(H,16,17)(H2,14,15,18). The SMILES string of the molecule is C=CCSCCNC(=O)NC1CCC(C(=O)O)CC1. The van der Waals surface area contributed by atoms with E-state index in [2.05, 4.69) is 17.2 Å². The van der Waals surface area contributed by atoms with E-state index in [1.54, 1.807) is 11.8 Å². The minimum absolute atomic E-state index is 0.108. The van der Waals surface area contributed by atoms with Gasteiger partial charge in [0.05, 0.1) is 5.92 Å². The number of hydrogen-bond donors (Lipinski definition) is 3. The van der Waals surface area contributed by atoms with Gasteiger partial charge in [0.1, 0.15) is 0 Å². The normalized spacial score (nSPS) is 22.5. The summed E-state index contributed by atoms with van der Waals surface area (Å²) < 4.78 is 0. The summed E-state index contributed by atoms with van der Waals surface area (Å²) in [5.74, 6) is 0.798. The molecule has 5 nitrogen and oxygen atoms in total. The molecule has 108 valence electrons. The van der Waals surface area contributed by atoms with Crippen LogP contribution in [0.4, 0.5) is 4.79 Å². The highest BCUT2D eigenvalue weighted by Crippen LogP contribution is 2.24. The lowest BCUT2D eigenvalue weighted by molar-refractivity contribution is -0.142. The van der Waals surface area contributed by atoms with Gasteiger partial charge in [-0.25, -0.2) is 4.79 Å². The van der Waals surface area contributed by atoms with Gasteiger partial charge < -0.3 is 15.7 Å². The molecule has 1 rings (SSSR count). The van der Waals surface area contributed by atoms with Crippen molar-refractivity contribution in [3.8, 4) is 0 Å². The van der Waals surface area contributed by atoms with Crippen molar-refractivity contribution < 1.29 is 14.7 Å². The number of carbonyl (C=O) groups is 2. The largest absolute Gasteiger partial charge is 0.481 e. The number of aliphatic carboxylic acids is 1. The topological polar surface area (TPSA) is 78.4 Å². The Morgan fingerprint density at radius 1 is 1.32 bits per heavy atom. The Labute approximate surface area is 118 Å². The van der Waals surface area contributed by atoms with E-state index in [9.17, 15) is 9.59 Å². The molecule has 0 bridgehead atoms. The molecule has 0 aromatic rings. The van der Waals surface area contributed by atoms with Crippen LogP contribution in [0.15, 0.2) is 12.7 Å². The smallest absolute Gasteiger partial charge is 0.315 e. The van der Waals surface area contributed by atoms with E-state index in [0.29, 0.717) is 19.4 Å². The number of carboxylic acids is 1. The molecule has 2 amide bonds. The molecule has 0 radical (unpaired) electrons. The summed E-state index contributed by atoms with van der Waals surface area (Å²) in [5.41, 5.74) is 0. The molecule has 0 saturated heterocycles. The van der Waals surface area contributed by atoms with Gasteiger partial charge in [0.25, 0.3) is 0 Å². The number of hydrogen-bond acceptors (Lipinski definition) is 3. The minimum Gasteiger partial charge on any atom is -0.481 e. The number of amides is 2. The van der Waals surface area contributed by atoms with Gasteiger partial charge in [-0.15, -0.1) is 6.58 Å². The lowest BCUT2D eigenvalue weighted by Crippen LogP contribution is -2.44. The Bertz CT molecular complexity index is 315. The van der Waals surface area contributed by atoms with Crippen LogP contribution in [-0.2, 0) is 4.79 Å². The van der Waals surface area contributed by atoms with Crippen molar-refractivity contribution in [2.45, 2.75) is 31.7 Å². The molecule has 3 N–H and O–H groups in total. The number of thioether (sulfide) groups is 1. The number of rotatable bonds is 7. The van der Waals surface area contributed by atoms with Crippen molar-refractivity contribution in [2.24, 2.45) is 5.92 Å². The van der Waals surface area contributed by atoms with Crippen LogP contribution in [0.3, 0.4) is 0 Å². The van der Waals surface area contributed by atoms with Crippen LogP contribution in [0.1, 0.15) is 25.7 Å². The molecular weight excluding hydrogens is 264 g/mol. The van der Waals surface area contributed by atoms with E-state index in [1.807, 2.05) is 6.08 Å². The first-order valence-corrected chi connectivity index (χ1v) is 7.74. The average Bonchev–Trinajstić information content (AvgIpc) is 2.39. The van der Waals surface area contributed by atoms with Crippen molar-refractivity contribution in [1.29, 1.82) is 0 Å². The van der Waals surface area contributed by atoms with E-state index in [-0.39, 0.29) is 18.0 Å². The fourth-order valence-corrected chi connectivity index (χ4v) is 2.70. The zero-order valence-electron chi connectivity index (χ0n) is 11.1. The molecule has 0 aromatic carbocycles. The van der Waals surface area contributed by atoms with Gasteiger partial charge in [0, 0.05) is 24.1 Å². The van der Waals surface area contributed by atoms with Crippen LogP contribution in [0.2, 0.25) is 0 Å². The third-order valence-corrected chi connectivity index (χ3v) is 4.14. The first kappa shape index (κ1) is 15.9. The molecular formula is C13H22N2O3S. The van der Waals surface area contributed by atoms with Crippen LogP contribution < -0.4 is 10.6 Å². The highest BCUT2D eigenvalue weighted by molar-refractivity contribution is 7.99. The maximum absolute atomic E-state index is 11.6. The van der Waals surface area contributed by atoms with Crippen molar-refractivity contribution >= 4 is 23.8 Å². The fraction of sp³-hybridized carbons (Fsp3) is 0.692. The van der Waals surface area contributed by atoms with Gasteiger partial charge >= 0.3 is 12.0 Å². The first-order valence-electron chi connectivity index (χ1n) is 6.59. The second-order valence-electron chi connectivity index (χ2n) is 4.65. The average molecular weight is 286 g/mol. The Morgan fingerprint density at radius 3 is 2.58 bits per heavy atom. The molecule has 0 aromatic heterocycles. The molecule has 6 heteroatoms. The zero-order chi connectivity index (χ0) is 14.1. The van der Waals surface area contributed by atoms with Crippen molar-refractivity contribution in [2.75, 3.05) is 18.1 Å². The Morgan fingerprint density at radius 2 is 2.00 bits per heavy atom. The Hall–Kier alpha value is -1.17. The Balaban J connectivity index is 2.09. The zero-order valence-corrected chi connectivity index (χ0v) is 11.9. The van der Waals surface area contributed by atoms with E-state index >= 15 is 0 Å². The molecule has 0 aliphatic heterocycles. The lowest BCUT2D eigenvalue weighted by atomic mass is 9.86. The highest BCUT2D eigenvalue weighted by Gasteiger charge is 2.26. The van der Waals surface area contributed by atoms with Crippen LogP contribution >= 0.6 is 11.8 Å². The highest BCUT2D eigenvalue weighted by atomic mass is 32.2. The minimum atomic E-state index is -0.720. The van der Waals surface area contributed by atoms with Gasteiger partial charge in [-0.3, -0.25) is 4.79 Å². The summed E-state index contributed by atoms with van der Waals surface area (Å²) in [6.45, 7) is 4.26. The molecule has 1 aliphatic rings. The summed E-state index contributed by atoms with van der Waals surface area (Å²) in [7, 11) is 0. The van der Waals surface area contributed by atoms with Crippen molar-refractivity contribution in [3.63, 3.8) is 0 Å². The second-order valence-corrected chi connectivity index (χ2v) is 5.80. The quantitative estimate of drug-likeness (QED) is 0.493. The first-order chi connectivity index (χ1) is 9.13. The summed E-state index contributed by atoms with van der Waals surface area (Å²) in [4.78, 5) is 22.4. The molecule has 0 atom stereocenters. The molecule has 0 unspecified atom stereocenters. The fourth-order valence-electron chi connectivity index (χ4n) is 2.12. The number of carboxylic acid groups (broad SMARTS) is 1. The summed E-state index contributed by atoms with van der Waals surface area (Å²) >= 11 is 1.72. The molecule has 1 aliphatic carbocycles. The molecule has 1 saturated carbocycles. The molecule has 1 fully saturated rings. The van der Waals surface area contributed by atoms with Gasteiger partial charge in [-0.2, -0.15) is 11.8 Å². The van der Waals surface area contributed by atoms with E-state index in [4.69, 9.17) is 5.11 Å². The van der Waals surface area contributed by atoms with Crippen LogP contribution in [0.5, 0.6) is 0 Å². The maximum atomic E-state index is 11.6. The lowest BCUT2D eigenvalue weighted by Gasteiger charge is -2.26. The van der Waals surface area contributed by atoms with Crippen LogP contribution in [0, 0.1) is 5.92 Å². The summed E-state index contributed by atoms with van der Waals surface area (Å²) in [6, 6.07) is -0.0468. The molecule has 19 heavy (non-hydrogen) atoms. The van der Waals surface area contributed by atoms with E-state index < -0.39 is 5.97 Å². The summed E-state index contributed by atoms with van der Waals surface area (Å²) in [6.07, 6.45) is 4.63. The predicted molar refractivity (Wildman–Crippen MR) is 77.4 cm³/mol. The van der Waals surface area contributed by atoms with Gasteiger partial charge in [-0.05, 0) is 25.7 Å². The van der Waals surface area contributed by atoms with Gasteiger partial charge in [0.2, 0.25) is 0 Å². The maximum Gasteiger partial charge on any atom is 0.315 e. The summed E-state index contributed by atoms with van der Waals surface area (Å²) in [5, 5.41) is 14.6. The monoisotopic (exact) mass is 286 g/mol. The Kier molecular flexibility index (Phi) is 7.40. The van der Waals surface area contributed by atoms with E-state index in [0.717, 1.165) is 24.3 Å². The van der Waals surface area contributed by atoms with Crippen molar-refractivity contribution in [1.82, 2.24) is 10.6 Å². The van der Waals surface area contributed by atoms with E-state index in [1.165, 1.54) is 0 Å². The van der Waals surface area contributed by atoms with Gasteiger partial charge in [0.15, 0.2) is 0 Å². The third-order valence-electron chi connectivity index (χ3n) is 3.18. The van der Waals surface area contributed by atoms with Gasteiger partial charge in [-0.1, -0.05) is 6.08 Å². The molecule has 0 spiro atoms. The number of carbonyl (C=O) groups excluding carboxylic acids is 1.